The van der Waals surface area contributed by atoms with Crippen LogP contribution in [0.25, 0.3) is 11.3 Å². The Kier molecular flexibility index (Phi) is 10.9. The lowest BCUT2D eigenvalue weighted by Gasteiger charge is -2.26. The minimum absolute atomic E-state index is 0.218. The van der Waals surface area contributed by atoms with Crippen molar-refractivity contribution in [2.75, 3.05) is 52.3 Å². The summed E-state index contributed by atoms with van der Waals surface area (Å²) in [5.74, 6) is -0.0444. The Labute approximate surface area is 235 Å². The van der Waals surface area contributed by atoms with Gasteiger partial charge < -0.3 is 14.4 Å². The van der Waals surface area contributed by atoms with E-state index in [1.807, 2.05) is 0 Å². The van der Waals surface area contributed by atoms with E-state index in [0.29, 0.717) is 52.9 Å². The number of benzene rings is 2. The van der Waals surface area contributed by atoms with Crippen molar-refractivity contribution in [2.24, 2.45) is 0 Å². The average molecular weight is 602 g/mol. The van der Waals surface area contributed by atoms with Gasteiger partial charge in [-0.2, -0.15) is 4.31 Å². The number of anilines is 1. The Morgan fingerprint density at radius 2 is 1.84 bits per heavy atom. The third-order valence-corrected chi connectivity index (χ3v) is 8.17. The van der Waals surface area contributed by atoms with Crippen LogP contribution in [0.2, 0.25) is 10.0 Å². The Hall–Kier alpha value is -2.74. The molecule has 0 unspecified atom stereocenters. The fourth-order valence-electron chi connectivity index (χ4n) is 3.09. The molecular formula is C24H26Cl2N4O6S2. The van der Waals surface area contributed by atoms with Gasteiger partial charge in [0, 0.05) is 43.2 Å². The highest BCUT2D eigenvalue weighted by Gasteiger charge is 2.26. The Morgan fingerprint density at radius 3 is 2.45 bits per heavy atom. The summed E-state index contributed by atoms with van der Waals surface area (Å²) in [6, 6.07) is 11.2. The molecule has 0 aliphatic carbocycles. The summed E-state index contributed by atoms with van der Waals surface area (Å²) in [4.78, 5) is 27.7. The molecular weight excluding hydrogens is 575 g/mol. The number of aromatic nitrogens is 1. The molecule has 14 heteroatoms. The quantitative estimate of drug-likeness (QED) is 0.390. The summed E-state index contributed by atoms with van der Waals surface area (Å²) < 4.78 is 37.5. The topological polar surface area (TPSA) is 118 Å². The Balaban J connectivity index is 0.000000732. The molecule has 0 bridgehead atoms. The molecule has 2 amide bonds. The van der Waals surface area contributed by atoms with E-state index in [1.54, 1.807) is 55.9 Å². The van der Waals surface area contributed by atoms with E-state index in [-0.39, 0.29) is 11.5 Å². The van der Waals surface area contributed by atoms with Crippen LogP contribution in [-0.2, 0) is 24.3 Å². The highest BCUT2D eigenvalue weighted by molar-refractivity contribution is 7.89. The van der Waals surface area contributed by atoms with Gasteiger partial charge in [-0.3, -0.25) is 14.9 Å². The van der Waals surface area contributed by atoms with Gasteiger partial charge in [0.25, 0.3) is 5.91 Å². The van der Waals surface area contributed by atoms with Crippen LogP contribution in [-0.4, -0.2) is 81.9 Å². The first-order valence-electron chi connectivity index (χ1n) is 11.2. The maximum atomic E-state index is 12.7. The monoisotopic (exact) mass is 600 g/mol. The van der Waals surface area contributed by atoms with Crippen LogP contribution < -0.4 is 10.1 Å². The second kappa shape index (κ2) is 13.9. The number of carbonyl (C=O) groups excluding carboxylic acids is 2. The number of halogens is 2. The van der Waals surface area contributed by atoms with Crippen LogP contribution in [0, 0.1) is 0 Å². The smallest absolute Gasteiger partial charge is 0.264 e. The highest BCUT2D eigenvalue weighted by Crippen LogP contribution is 2.28. The lowest BCUT2D eigenvalue weighted by molar-refractivity contribution is -0.118. The maximum Gasteiger partial charge on any atom is 0.264 e. The molecule has 1 aliphatic heterocycles. The molecule has 0 saturated carbocycles. The fraction of sp³-hybridized carbons (Fsp3) is 0.292. The van der Waals surface area contributed by atoms with Crippen molar-refractivity contribution in [1.82, 2.24) is 14.2 Å². The number of morpholine rings is 1. The van der Waals surface area contributed by atoms with Crippen LogP contribution >= 0.6 is 34.5 Å². The molecule has 2 aromatic carbocycles. The SMILES string of the molecule is CN(C)C=O.O=C(COc1ccc(Cl)cc1Cl)Nc1nc(-c2ccc(S(=O)(=O)N3CCOCC3)cc2)cs1. The number of carbonyl (C=O) groups is 2. The van der Waals surface area contributed by atoms with E-state index < -0.39 is 15.9 Å². The van der Waals surface area contributed by atoms with Crippen molar-refractivity contribution < 1.29 is 27.5 Å². The fourth-order valence-corrected chi connectivity index (χ4v) is 5.70. The Bertz CT molecular complexity index is 1340. The van der Waals surface area contributed by atoms with Crippen molar-refractivity contribution in [3.8, 4) is 17.0 Å². The minimum atomic E-state index is -3.56. The molecule has 0 atom stereocenters. The summed E-state index contributed by atoms with van der Waals surface area (Å²) in [5.41, 5.74) is 1.35. The second-order valence-electron chi connectivity index (χ2n) is 8.06. The summed E-state index contributed by atoms with van der Waals surface area (Å²) in [5, 5.41) is 5.62. The predicted octanol–water partition coefficient (Wildman–Crippen LogP) is 3.86. The van der Waals surface area contributed by atoms with Crippen LogP contribution in [0.3, 0.4) is 0 Å². The van der Waals surface area contributed by atoms with Gasteiger partial charge in [0.05, 0.1) is 28.8 Å². The number of hydrogen-bond donors (Lipinski definition) is 1. The van der Waals surface area contributed by atoms with E-state index in [4.69, 9.17) is 32.7 Å². The zero-order valence-electron chi connectivity index (χ0n) is 20.6. The molecule has 38 heavy (non-hydrogen) atoms. The number of hydrogen-bond acceptors (Lipinski definition) is 8. The molecule has 2 heterocycles. The minimum Gasteiger partial charge on any atom is -0.482 e. The average Bonchev–Trinajstić information content (AvgIpc) is 3.37. The summed E-state index contributed by atoms with van der Waals surface area (Å²) in [7, 11) is -0.184. The third-order valence-electron chi connectivity index (χ3n) is 4.97. The van der Waals surface area contributed by atoms with E-state index in [9.17, 15) is 18.0 Å². The van der Waals surface area contributed by atoms with E-state index >= 15 is 0 Å². The summed E-state index contributed by atoms with van der Waals surface area (Å²) in [6.07, 6.45) is 0.750. The molecule has 4 rings (SSSR count). The van der Waals surface area contributed by atoms with Gasteiger partial charge in [-0.25, -0.2) is 13.4 Å². The van der Waals surface area contributed by atoms with Gasteiger partial charge in [-0.1, -0.05) is 35.3 Å². The normalized spacial score (nSPS) is 13.7. The molecule has 1 aliphatic rings. The first-order chi connectivity index (χ1) is 18.1. The molecule has 3 aromatic rings. The molecule has 1 aromatic heterocycles. The number of nitrogens with one attached hydrogen (secondary N) is 1. The molecule has 1 fully saturated rings. The van der Waals surface area contributed by atoms with Gasteiger partial charge in [-0.15, -0.1) is 11.3 Å². The van der Waals surface area contributed by atoms with E-state index in [1.165, 1.54) is 26.6 Å². The van der Waals surface area contributed by atoms with Gasteiger partial charge in [0.15, 0.2) is 11.7 Å². The van der Waals surface area contributed by atoms with E-state index in [2.05, 4.69) is 10.3 Å². The van der Waals surface area contributed by atoms with Crippen molar-refractivity contribution in [3.05, 3.63) is 57.9 Å². The van der Waals surface area contributed by atoms with Crippen LogP contribution in [0.15, 0.2) is 52.7 Å². The van der Waals surface area contributed by atoms with Crippen molar-refractivity contribution in [1.29, 1.82) is 0 Å². The molecule has 0 radical (unpaired) electrons. The number of sulfonamides is 1. The maximum absolute atomic E-state index is 12.7. The lowest BCUT2D eigenvalue weighted by Crippen LogP contribution is -2.40. The number of rotatable bonds is 8. The predicted molar refractivity (Wildman–Crippen MR) is 147 cm³/mol. The number of ether oxygens (including phenoxy) is 2. The van der Waals surface area contributed by atoms with Crippen molar-refractivity contribution >= 4 is 62.0 Å². The summed E-state index contributed by atoms with van der Waals surface area (Å²) >= 11 is 13.1. The molecule has 204 valence electrons. The molecule has 10 nitrogen and oxygen atoms in total. The second-order valence-corrected chi connectivity index (χ2v) is 11.7. The zero-order chi connectivity index (χ0) is 27.7. The molecule has 1 saturated heterocycles. The Morgan fingerprint density at radius 1 is 1.18 bits per heavy atom. The summed E-state index contributed by atoms with van der Waals surface area (Å²) in [6.45, 7) is 1.22. The van der Waals surface area contributed by atoms with Gasteiger partial charge >= 0.3 is 0 Å². The first kappa shape index (κ1) is 29.8. The van der Waals surface area contributed by atoms with Gasteiger partial charge in [0.2, 0.25) is 16.4 Å². The number of amides is 2. The number of nitrogens with zero attached hydrogens (tertiary/aromatic N) is 3. The van der Waals surface area contributed by atoms with Crippen LogP contribution in [0.4, 0.5) is 5.13 Å². The largest absolute Gasteiger partial charge is 0.482 e. The standard InChI is InChI=1S/C21H19Cl2N3O5S2.C3H7NO/c22-15-3-6-19(17(23)11-15)31-12-20(27)25-21-24-18(13-32-21)14-1-4-16(5-2-14)33(28,29)26-7-9-30-10-8-26;1-4(2)3-5/h1-6,11,13H,7-10,12H2,(H,24,25,27);3H,1-2H3. The van der Waals surface area contributed by atoms with E-state index in [0.717, 1.165) is 12.0 Å². The zero-order valence-corrected chi connectivity index (χ0v) is 23.7. The van der Waals surface area contributed by atoms with Crippen LogP contribution in [0.5, 0.6) is 5.75 Å². The number of thiazole rings is 1. The van der Waals surface area contributed by atoms with Crippen molar-refractivity contribution in [2.45, 2.75) is 4.90 Å². The van der Waals surface area contributed by atoms with Gasteiger partial charge in [-0.05, 0) is 30.3 Å². The highest BCUT2D eigenvalue weighted by atomic mass is 35.5. The van der Waals surface area contributed by atoms with Crippen molar-refractivity contribution in [3.63, 3.8) is 0 Å². The van der Waals surface area contributed by atoms with Gasteiger partial charge in [0.1, 0.15) is 5.75 Å². The molecule has 0 spiro atoms. The lowest BCUT2D eigenvalue weighted by atomic mass is 10.2. The third kappa shape index (κ3) is 8.38. The van der Waals surface area contributed by atoms with Crippen LogP contribution in [0.1, 0.15) is 0 Å². The molecule has 1 N–H and O–H groups in total. The first-order valence-corrected chi connectivity index (χ1v) is 14.3.